The first kappa shape index (κ1) is 20.4. The van der Waals surface area contributed by atoms with E-state index in [1.807, 2.05) is 0 Å². The summed E-state index contributed by atoms with van der Waals surface area (Å²) in [4.78, 5) is 12.3. The maximum Gasteiger partial charge on any atom is 0.432 e. The summed E-state index contributed by atoms with van der Waals surface area (Å²) in [7, 11) is -6.39. The van der Waals surface area contributed by atoms with Gasteiger partial charge in [-0.25, -0.2) is 0 Å². The van der Waals surface area contributed by atoms with Crippen molar-refractivity contribution in [3.63, 3.8) is 0 Å². The van der Waals surface area contributed by atoms with E-state index in [0.717, 1.165) is 19.3 Å². The van der Waals surface area contributed by atoms with Crippen LogP contribution in [-0.2, 0) is 19.6 Å². The Balaban J connectivity index is 2.29. The second-order valence-corrected chi connectivity index (χ2v) is 8.30. The van der Waals surface area contributed by atoms with Gasteiger partial charge in [-0.2, -0.15) is 26.0 Å². The van der Waals surface area contributed by atoms with Crippen LogP contribution in [0.25, 0.3) is 0 Å². The van der Waals surface area contributed by atoms with Crippen molar-refractivity contribution >= 4 is 16.1 Å². The highest BCUT2D eigenvalue weighted by Crippen LogP contribution is 2.50. The highest BCUT2D eigenvalue weighted by Gasteiger charge is 2.72. The lowest BCUT2D eigenvalue weighted by molar-refractivity contribution is -0.218. The molecule has 0 heterocycles. The number of alkyl halides is 4. The van der Waals surface area contributed by atoms with Crippen molar-refractivity contribution in [1.29, 1.82) is 0 Å². The minimum Gasteiger partial charge on any atom is -0.462 e. The summed E-state index contributed by atoms with van der Waals surface area (Å²) in [6, 6.07) is 0. The molecule has 0 amide bonds. The Morgan fingerprint density at radius 2 is 1.44 bits per heavy atom. The molecule has 0 aromatic rings. The molecule has 1 N–H and O–H groups in total. The SMILES string of the molecule is O=C(OC1CCCCC1)C(C1CCCC1)C(F)(F)C(F)(F)S(=O)(=O)O. The van der Waals surface area contributed by atoms with Gasteiger partial charge in [0.15, 0.2) is 0 Å². The molecule has 2 saturated carbocycles. The lowest BCUT2D eigenvalue weighted by Gasteiger charge is -2.34. The normalized spacial score (nSPS) is 22.8. The Morgan fingerprint density at radius 3 is 1.92 bits per heavy atom. The van der Waals surface area contributed by atoms with Crippen LogP contribution in [0.4, 0.5) is 17.6 Å². The first-order valence-corrected chi connectivity index (χ1v) is 9.85. The molecule has 0 aliphatic heterocycles. The molecular formula is C15H22F4O5S. The summed E-state index contributed by atoms with van der Waals surface area (Å²) < 4.78 is 91.6. The van der Waals surface area contributed by atoms with Gasteiger partial charge < -0.3 is 4.74 Å². The zero-order valence-corrected chi connectivity index (χ0v) is 14.4. The van der Waals surface area contributed by atoms with Crippen molar-refractivity contribution in [3.8, 4) is 0 Å². The summed E-state index contributed by atoms with van der Waals surface area (Å²) in [6.45, 7) is 0. The van der Waals surface area contributed by atoms with Crippen molar-refractivity contribution in [2.24, 2.45) is 11.8 Å². The lowest BCUT2D eigenvalue weighted by Crippen LogP contribution is -2.56. The van der Waals surface area contributed by atoms with Gasteiger partial charge in [-0.05, 0) is 44.4 Å². The van der Waals surface area contributed by atoms with Gasteiger partial charge >= 0.3 is 27.3 Å². The number of rotatable bonds is 6. The van der Waals surface area contributed by atoms with Crippen molar-refractivity contribution in [3.05, 3.63) is 0 Å². The van der Waals surface area contributed by atoms with E-state index in [9.17, 15) is 30.8 Å². The molecule has 25 heavy (non-hydrogen) atoms. The molecule has 2 aliphatic rings. The van der Waals surface area contributed by atoms with Crippen LogP contribution >= 0.6 is 0 Å². The predicted molar refractivity (Wildman–Crippen MR) is 79.9 cm³/mol. The van der Waals surface area contributed by atoms with Gasteiger partial charge in [0.2, 0.25) is 0 Å². The number of carbonyl (C=O) groups is 1. The van der Waals surface area contributed by atoms with Crippen LogP contribution in [0.3, 0.4) is 0 Å². The molecular weight excluding hydrogens is 368 g/mol. The lowest BCUT2D eigenvalue weighted by atomic mass is 9.85. The van der Waals surface area contributed by atoms with Gasteiger partial charge in [-0.15, -0.1) is 0 Å². The topological polar surface area (TPSA) is 80.7 Å². The number of carbonyl (C=O) groups excluding carboxylic acids is 1. The number of hydrogen-bond acceptors (Lipinski definition) is 4. The minimum absolute atomic E-state index is 0.0988. The molecule has 2 rings (SSSR count). The van der Waals surface area contributed by atoms with E-state index in [4.69, 9.17) is 9.29 Å². The fraction of sp³-hybridized carbons (Fsp3) is 0.933. The molecule has 0 radical (unpaired) electrons. The Bertz CT molecular complexity index is 581. The molecule has 2 fully saturated rings. The number of ether oxygens (including phenoxy) is 1. The Hall–Kier alpha value is -0.900. The molecule has 0 bridgehead atoms. The predicted octanol–water partition coefficient (Wildman–Crippen LogP) is 3.78. The van der Waals surface area contributed by atoms with Crippen LogP contribution in [0.2, 0.25) is 0 Å². The third-order valence-corrected chi connectivity index (χ3v) is 5.98. The molecule has 0 saturated heterocycles. The van der Waals surface area contributed by atoms with Gasteiger partial charge in [0.25, 0.3) is 0 Å². The van der Waals surface area contributed by atoms with Crippen LogP contribution in [-0.4, -0.2) is 36.2 Å². The monoisotopic (exact) mass is 390 g/mol. The van der Waals surface area contributed by atoms with Crippen LogP contribution in [0.15, 0.2) is 0 Å². The van der Waals surface area contributed by atoms with Crippen molar-refractivity contribution in [2.75, 3.05) is 0 Å². The minimum atomic E-state index is -6.39. The van der Waals surface area contributed by atoms with E-state index in [1.54, 1.807) is 0 Å². The molecule has 0 aromatic carbocycles. The third kappa shape index (κ3) is 4.10. The average Bonchev–Trinajstić information content (AvgIpc) is 3.00. The standard InChI is InChI=1S/C15H22F4O5S/c16-14(17,15(18,19)25(21,22)23)12(10-6-4-5-7-10)13(20)24-11-8-2-1-3-9-11/h10-12H,1-9H2,(H,21,22,23). The van der Waals surface area contributed by atoms with Crippen LogP contribution in [0.5, 0.6) is 0 Å². The molecule has 0 spiro atoms. The molecule has 1 unspecified atom stereocenters. The quantitative estimate of drug-likeness (QED) is 0.424. The summed E-state index contributed by atoms with van der Waals surface area (Å²) in [5, 5.41) is -5.77. The second-order valence-electron chi connectivity index (χ2n) is 6.83. The molecule has 0 aromatic heterocycles. The highest BCUT2D eigenvalue weighted by molar-refractivity contribution is 7.87. The van der Waals surface area contributed by atoms with E-state index in [1.165, 1.54) is 0 Å². The van der Waals surface area contributed by atoms with Gasteiger partial charge in [0.1, 0.15) is 12.0 Å². The smallest absolute Gasteiger partial charge is 0.432 e. The first-order chi connectivity index (χ1) is 11.5. The number of halogens is 4. The van der Waals surface area contributed by atoms with Crippen molar-refractivity contribution in [1.82, 2.24) is 0 Å². The van der Waals surface area contributed by atoms with Crippen molar-refractivity contribution in [2.45, 2.75) is 75.1 Å². The van der Waals surface area contributed by atoms with E-state index >= 15 is 0 Å². The third-order valence-electron chi connectivity index (χ3n) is 5.06. The molecule has 10 heteroatoms. The largest absolute Gasteiger partial charge is 0.462 e. The molecule has 2 aliphatic carbocycles. The van der Waals surface area contributed by atoms with Crippen LogP contribution in [0, 0.1) is 11.8 Å². The number of esters is 1. The first-order valence-electron chi connectivity index (χ1n) is 8.41. The Labute approximate surface area is 143 Å². The fourth-order valence-corrected chi connectivity index (χ4v) is 4.17. The van der Waals surface area contributed by atoms with E-state index < -0.39 is 45.2 Å². The highest BCUT2D eigenvalue weighted by atomic mass is 32.2. The van der Waals surface area contributed by atoms with Gasteiger partial charge in [-0.1, -0.05) is 19.3 Å². The van der Waals surface area contributed by atoms with Crippen LogP contribution in [0.1, 0.15) is 57.8 Å². The Kier molecular flexibility index (Phi) is 6.03. The number of hydrogen-bond donors (Lipinski definition) is 1. The maximum absolute atomic E-state index is 14.4. The van der Waals surface area contributed by atoms with E-state index in [2.05, 4.69) is 0 Å². The van der Waals surface area contributed by atoms with Crippen LogP contribution < -0.4 is 0 Å². The summed E-state index contributed by atoms with van der Waals surface area (Å²) in [6.07, 6.45) is 3.84. The molecule has 1 atom stereocenters. The van der Waals surface area contributed by atoms with E-state index in [-0.39, 0.29) is 12.8 Å². The molecule has 5 nitrogen and oxygen atoms in total. The fourth-order valence-electron chi connectivity index (χ4n) is 3.70. The average molecular weight is 390 g/mol. The van der Waals surface area contributed by atoms with Gasteiger partial charge in [0.05, 0.1) is 0 Å². The van der Waals surface area contributed by atoms with Crippen molar-refractivity contribution < 1.29 is 40.1 Å². The zero-order valence-electron chi connectivity index (χ0n) is 13.6. The summed E-state index contributed by atoms with van der Waals surface area (Å²) in [5.74, 6) is -10.5. The summed E-state index contributed by atoms with van der Waals surface area (Å²) >= 11 is 0. The van der Waals surface area contributed by atoms with E-state index in [0.29, 0.717) is 25.7 Å². The van der Waals surface area contributed by atoms with Gasteiger partial charge in [0, 0.05) is 0 Å². The Morgan fingerprint density at radius 1 is 0.960 bits per heavy atom. The molecule has 146 valence electrons. The summed E-state index contributed by atoms with van der Waals surface area (Å²) in [5.41, 5.74) is 0. The van der Waals surface area contributed by atoms with Gasteiger partial charge in [-0.3, -0.25) is 9.35 Å². The maximum atomic E-state index is 14.4. The zero-order chi connectivity index (χ0) is 18.9. The second kappa shape index (κ2) is 7.38.